The number of nitro groups is 1. The number of ether oxygens (including phenoxy) is 1. The Kier molecular flexibility index (Phi) is 6.83. The number of halogens is 1. The molecule has 3 rings (SSSR count). The number of hydrazone groups is 1. The van der Waals surface area contributed by atoms with Crippen molar-refractivity contribution in [1.29, 1.82) is 0 Å². The smallest absolute Gasteiger partial charge is 0.273 e. The van der Waals surface area contributed by atoms with Gasteiger partial charge in [-0.15, -0.1) is 0 Å². The quantitative estimate of drug-likeness (QED) is 0.347. The van der Waals surface area contributed by atoms with Crippen LogP contribution in [0.5, 0.6) is 5.75 Å². The van der Waals surface area contributed by atoms with Crippen LogP contribution in [0.3, 0.4) is 0 Å². The lowest BCUT2D eigenvalue weighted by molar-refractivity contribution is -0.385. The maximum Gasteiger partial charge on any atom is 0.273 e. The van der Waals surface area contributed by atoms with E-state index in [-0.39, 0.29) is 24.5 Å². The van der Waals surface area contributed by atoms with Crippen molar-refractivity contribution in [3.8, 4) is 5.75 Å². The van der Waals surface area contributed by atoms with Crippen LogP contribution in [0.1, 0.15) is 16.7 Å². The summed E-state index contributed by atoms with van der Waals surface area (Å²) in [5.41, 5.74) is 3.83. The Labute approximate surface area is 172 Å². The fourth-order valence-corrected chi connectivity index (χ4v) is 2.73. The van der Waals surface area contributed by atoms with Gasteiger partial charge >= 0.3 is 0 Å². The molecule has 1 amide bonds. The summed E-state index contributed by atoms with van der Waals surface area (Å²) in [5.74, 6) is -0.315. The number of para-hydroxylation sites is 2. The van der Waals surface area contributed by atoms with Gasteiger partial charge in [-0.1, -0.05) is 42.5 Å². The number of nitro benzene ring substituents is 1. The number of nitrogens with one attached hydrogen (secondary N) is 1. The summed E-state index contributed by atoms with van der Waals surface area (Å²) in [4.78, 5) is 22.6. The molecule has 0 saturated heterocycles. The predicted molar refractivity (Wildman–Crippen MR) is 110 cm³/mol. The zero-order chi connectivity index (χ0) is 21.3. The van der Waals surface area contributed by atoms with Crippen molar-refractivity contribution in [2.45, 2.75) is 13.0 Å². The maximum absolute atomic E-state index is 13.3. The lowest BCUT2D eigenvalue weighted by atomic mass is 10.1. The molecule has 0 aromatic heterocycles. The molecule has 0 spiro atoms. The van der Waals surface area contributed by atoms with E-state index in [4.69, 9.17) is 4.74 Å². The Hall–Kier alpha value is -4.07. The van der Waals surface area contributed by atoms with Crippen LogP contribution >= 0.6 is 0 Å². The van der Waals surface area contributed by atoms with Crippen LogP contribution in [0.4, 0.5) is 10.1 Å². The van der Waals surface area contributed by atoms with Crippen molar-refractivity contribution < 1.29 is 18.8 Å². The summed E-state index contributed by atoms with van der Waals surface area (Å²) in [6.07, 6.45) is 1.24. The number of amides is 1. The number of hydrogen-bond donors (Lipinski definition) is 1. The van der Waals surface area contributed by atoms with Gasteiger partial charge in [0.05, 0.1) is 17.6 Å². The summed E-state index contributed by atoms with van der Waals surface area (Å²) >= 11 is 0. The largest absolute Gasteiger partial charge is 0.488 e. The number of nitrogens with zero attached hydrogens (tertiary/aromatic N) is 2. The molecule has 0 heterocycles. The number of carbonyl (C=O) groups excluding carboxylic acids is 1. The van der Waals surface area contributed by atoms with Crippen LogP contribution in [0.2, 0.25) is 0 Å². The molecule has 30 heavy (non-hydrogen) atoms. The third-order valence-corrected chi connectivity index (χ3v) is 4.13. The molecular formula is C22H18FN3O4. The Bertz CT molecular complexity index is 1090. The average Bonchev–Trinajstić information content (AvgIpc) is 2.73. The number of carbonyl (C=O) groups is 1. The zero-order valence-electron chi connectivity index (χ0n) is 15.8. The van der Waals surface area contributed by atoms with Crippen molar-refractivity contribution in [3.05, 3.63) is 105 Å². The molecule has 3 aromatic carbocycles. The van der Waals surface area contributed by atoms with Gasteiger partial charge in [-0.25, -0.2) is 9.82 Å². The third kappa shape index (κ3) is 5.71. The Morgan fingerprint density at radius 2 is 1.87 bits per heavy atom. The van der Waals surface area contributed by atoms with Crippen LogP contribution in [0.25, 0.3) is 0 Å². The van der Waals surface area contributed by atoms with Gasteiger partial charge in [0.1, 0.15) is 18.2 Å². The molecule has 3 aromatic rings. The lowest BCUT2D eigenvalue weighted by Gasteiger charge is -2.09. The Morgan fingerprint density at radius 1 is 1.10 bits per heavy atom. The highest BCUT2D eigenvalue weighted by molar-refractivity contribution is 5.86. The molecule has 0 saturated carbocycles. The summed E-state index contributed by atoms with van der Waals surface area (Å²) in [6.45, 7) is 0.173. The van der Waals surface area contributed by atoms with Crippen LogP contribution in [-0.4, -0.2) is 17.0 Å². The molecule has 0 aliphatic carbocycles. The minimum Gasteiger partial charge on any atom is -0.488 e. The second kappa shape index (κ2) is 9.92. The fourth-order valence-electron chi connectivity index (χ4n) is 2.73. The van der Waals surface area contributed by atoms with Gasteiger partial charge in [-0.05, 0) is 29.8 Å². The monoisotopic (exact) mass is 407 g/mol. The Balaban J connectivity index is 1.61. The second-order valence-electron chi connectivity index (χ2n) is 6.31. The first-order chi connectivity index (χ1) is 14.5. The second-order valence-corrected chi connectivity index (χ2v) is 6.31. The van der Waals surface area contributed by atoms with Crippen LogP contribution in [0.15, 0.2) is 77.9 Å². The van der Waals surface area contributed by atoms with Gasteiger partial charge in [0.25, 0.3) is 5.69 Å². The molecule has 152 valence electrons. The summed E-state index contributed by atoms with van der Waals surface area (Å²) in [5, 5.41) is 14.9. The molecule has 0 unspecified atom stereocenters. The highest BCUT2D eigenvalue weighted by Gasteiger charge is 2.15. The van der Waals surface area contributed by atoms with Gasteiger partial charge < -0.3 is 4.74 Å². The van der Waals surface area contributed by atoms with Crippen molar-refractivity contribution in [3.63, 3.8) is 0 Å². The standard InChI is InChI=1S/C22H18FN3O4/c23-19-9-5-6-16(12-19)15-30-21-11-4-2-8-18(21)14-24-25-22(27)13-17-7-1-3-10-20(17)26(28)29/h1-12,14H,13,15H2,(H,25,27)/b24-14+. The minimum atomic E-state index is -0.530. The first kappa shape index (κ1) is 20.7. The van der Waals surface area contributed by atoms with E-state index in [1.165, 1.54) is 30.5 Å². The maximum atomic E-state index is 13.3. The molecule has 0 aliphatic rings. The van der Waals surface area contributed by atoms with E-state index >= 15 is 0 Å². The summed E-state index contributed by atoms with van der Waals surface area (Å²) in [6, 6.07) is 19.2. The SMILES string of the molecule is O=C(Cc1ccccc1[N+](=O)[O-])N/N=C/c1ccccc1OCc1cccc(F)c1. The van der Waals surface area contributed by atoms with Gasteiger partial charge in [0.2, 0.25) is 5.91 Å². The molecule has 0 bridgehead atoms. The number of rotatable bonds is 8. The normalized spacial score (nSPS) is 10.7. The van der Waals surface area contributed by atoms with Crippen LogP contribution in [0, 0.1) is 15.9 Å². The number of hydrogen-bond acceptors (Lipinski definition) is 5. The first-order valence-corrected chi connectivity index (χ1v) is 9.03. The topological polar surface area (TPSA) is 93.8 Å². The molecule has 0 atom stereocenters. The van der Waals surface area contributed by atoms with Crippen molar-refractivity contribution in [1.82, 2.24) is 5.43 Å². The molecule has 0 aliphatic heterocycles. The number of benzene rings is 3. The van der Waals surface area contributed by atoms with Gasteiger partial charge in [0.15, 0.2) is 0 Å². The first-order valence-electron chi connectivity index (χ1n) is 9.03. The third-order valence-electron chi connectivity index (χ3n) is 4.13. The van der Waals surface area contributed by atoms with Gasteiger partial charge in [-0.2, -0.15) is 5.10 Å². The van der Waals surface area contributed by atoms with Crippen molar-refractivity contribution in [2.24, 2.45) is 5.10 Å². The Morgan fingerprint density at radius 3 is 2.67 bits per heavy atom. The fraction of sp³-hybridized carbons (Fsp3) is 0.0909. The average molecular weight is 407 g/mol. The minimum absolute atomic E-state index is 0.118. The van der Waals surface area contributed by atoms with Crippen LogP contribution < -0.4 is 10.2 Å². The van der Waals surface area contributed by atoms with E-state index in [2.05, 4.69) is 10.5 Å². The summed E-state index contributed by atoms with van der Waals surface area (Å²) < 4.78 is 19.0. The highest BCUT2D eigenvalue weighted by atomic mass is 19.1. The van der Waals surface area contributed by atoms with E-state index in [1.807, 2.05) is 0 Å². The molecule has 8 heteroatoms. The molecule has 7 nitrogen and oxygen atoms in total. The highest BCUT2D eigenvalue weighted by Crippen LogP contribution is 2.19. The van der Waals surface area contributed by atoms with E-state index in [9.17, 15) is 19.3 Å². The molecule has 0 fully saturated rings. The van der Waals surface area contributed by atoms with Crippen LogP contribution in [-0.2, 0) is 17.8 Å². The molecular weight excluding hydrogens is 389 g/mol. The van der Waals surface area contributed by atoms with Crippen molar-refractivity contribution in [2.75, 3.05) is 0 Å². The zero-order valence-corrected chi connectivity index (χ0v) is 15.8. The van der Waals surface area contributed by atoms with E-state index in [0.717, 1.165) is 0 Å². The van der Waals surface area contributed by atoms with Gasteiger partial charge in [-0.3, -0.25) is 14.9 Å². The summed E-state index contributed by atoms with van der Waals surface area (Å²) in [7, 11) is 0. The lowest BCUT2D eigenvalue weighted by Crippen LogP contribution is -2.20. The molecule has 0 radical (unpaired) electrons. The van der Waals surface area contributed by atoms with Crippen molar-refractivity contribution >= 4 is 17.8 Å². The van der Waals surface area contributed by atoms with Gasteiger partial charge in [0, 0.05) is 17.2 Å². The van der Waals surface area contributed by atoms with E-state index in [0.29, 0.717) is 22.4 Å². The van der Waals surface area contributed by atoms with E-state index < -0.39 is 10.8 Å². The van der Waals surface area contributed by atoms with E-state index in [1.54, 1.807) is 48.5 Å². The molecule has 1 N–H and O–H groups in total. The predicted octanol–water partition coefficient (Wildman–Crippen LogP) is 4.01.